The van der Waals surface area contributed by atoms with Gasteiger partial charge in [0.15, 0.2) is 17.5 Å². The molecule has 0 spiro atoms. The highest BCUT2D eigenvalue weighted by Crippen LogP contribution is 2.42. The van der Waals surface area contributed by atoms with E-state index in [9.17, 15) is 0 Å². The number of para-hydroxylation sites is 1. The second kappa shape index (κ2) is 13.3. The molecule has 0 radical (unpaired) electrons. The maximum atomic E-state index is 6.58. The van der Waals surface area contributed by atoms with Gasteiger partial charge in [-0.15, -0.1) is 11.3 Å². The highest BCUT2D eigenvalue weighted by atomic mass is 32.1. The third-order valence-electron chi connectivity index (χ3n) is 10.5. The topological polar surface area (TPSA) is 51.8 Å². The van der Waals surface area contributed by atoms with Gasteiger partial charge in [-0.05, 0) is 69.8 Å². The third-order valence-corrected chi connectivity index (χ3v) is 11.7. The van der Waals surface area contributed by atoms with E-state index in [0.717, 1.165) is 66.4 Å². The van der Waals surface area contributed by atoms with Crippen molar-refractivity contribution in [3.05, 3.63) is 188 Å². The minimum Gasteiger partial charge on any atom is -0.456 e. The Kier molecular flexibility index (Phi) is 7.64. The molecule has 11 rings (SSSR count). The molecule has 0 bridgehead atoms. The Morgan fingerprint density at radius 2 is 0.857 bits per heavy atom. The first-order valence-electron chi connectivity index (χ1n) is 18.7. The number of furan rings is 1. The zero-order valence-corrected chi connectivity index (χ0v) is 30.9. The number of rotatable bonds is 6. The molecule has 0 saturated heterocycles. The maximum absolute atomic E-state index is 6.58. The van der Waals surface area contributed by atoms with E-state index in [1.807, 2.05) is 59.9 Å². The molecule has 0 aliphatic heterocycles. The van der Waals surface area contributed by atoms with Crippen molar-refractivity contribution in [1.29, 1.82) is 0 Å². The number of nitrogens with zero attached hydrogens (tertiary/aromatic N) is 3. The van der Waals surface area contributed by atoms with Gasteiger partial charge in [-0.25, -0.2) is 15.0 Å². The molecule has 0 aliphatic rings. The zero-order valence-electron chi connectivity index (χ0n) is 30.1. The summed E-state index contributed by atoms with van der Waals surface area (Å²) in [7, 11) is 0. The number of hydrogen-bond acceptors (Lipinski definition) is 5. The number of fused-ring (bicyclic) bond motifs is 6. The molecule has 0 N–H and O–H groups in total. The van der Waals surface area contributed by atoms with Gasteiger partial charge in [-0.2, -0.15) is 0 Å². The lowest BCUT2D eigenvalue weighted by Gasteiger charge is -2.12. The third kappa shape index (κ3) is 5.65. The van der Waals surface area contributed by atoms with Crippen LogP contribution in [0.4, 0.5) is 0 Å². The summed E-state index contributed by atoms with van der Waals surface area (Å²) in [4.78, 5) is 15.3. The molecule has 4 nitrogen and oxygen atoms in total. The van der Waals surface area contributed by atoms with Crippen LogP contribution in [0.5, 0.6) is 0 Å². The summed E-state index contributed by atoms with van der Waals surface area (Å²) in [6.07, 6.45) is 0. The molecule has 0 fully saturated rings. The molecule has 0 unspecified atom stereocenters. The van der Waals surface area contributed by atoms with Gasteiger partial charge < -0.3 is 4.42 Å². The summed E-state index contributed by atoms with van der Waals surface area (Å²) in [6, 6.07) is 65.7. The number of benzene rings is 8. The fourth-order valence-corrected chi connectivity index (χ4v) is 8.92. The quantitative estimate of drug-likeness (QED) is 0.171. The van der Waals surface area contributed by atoms with Crippen molar-refractivity contribution in [1.82, 2.24) is 15.0 Å². The van der Waals surface area contributed by atoms with Gasteiger partial charge in [-0.1, -0.05) is 152 Å². The van der Waals surface area contributed by atoms with Crippen molar-refractivity contribution >= 4 is 53.4 Å². The standard InChI is InChI=1S/C51H31N3OS/c1-3-12-32(13-4-1)33-22-24-35(25-23-33)50-52-49(34-14-5-2-6-15-34)53-51(54-50)39-29-43(48-42-19-7-9-20-44(42)55-45(48)30-39)38-17-11-16-36(28-38)37-26-27-41-40-18-8-10-21-46(40)56-47(41)31-37/h1-31H. The monoisotopic (exact) mass is 733 g/mol. The Bertz CT molecular complexity index is 3240. The molecule has 262 valence electrons. The van der Waals surface area contributed by atoms with Gasteiger partial charge >= 0.3 is 0 Å². The van der Waals surface area contributed by atoms with E-state index in [0.29, 0.717) is 17.5 Å². The smallest absolute Gasteiger partial charge is 0.164 e. The van der Waals surface area contributed by atoms with E-state index in [4.69, 9.17) is 19.4 Å². The molecule has 3 aromatic heterocycles. The van der Waals surface area contributed by atoms with E-state index in [1.165, 1.54) is 25.7 Å². The first-order chi connectivity index (χ1) is 27.7. The van der Waals surface area contributed by atoms with Gasteiger partial charge in [0, 0.05) is 47.6 Å². The van der Waals surface area contributed by atoms with Crippen LogP contribution in [0.25, 0.3) is 110 Å². The molecular weight excluding hydrogens is 703 g/mol. The lowest BCUT2D eigenvalue weighted by atomic mass is 9.94. The summed E-state index contributed by atoms with van der Waals surface area (Å²) in [6.45, 7) is 0. The van der Waals surface area contributed by atoms with Crippen LogP contribution in [-0.4, -0.2) is 15.0 Å². The summed E-state index contributed by atoms with van der Waals surface area (Å²) in [5.41, 5.74) is 11.1. The SMILES string of the molecule is c1ccc(-c2ccc(-c3nc(-c4ccccc4)nc(-c4cc(-c5cccc(-c6ccc7c(c6)sc6ccccc67)c5)c5c(c4)oc4ccccc45)n3)cc2)cc1. The summed E-state index contributed by atoms with van der Waals surface area (Å²) < 4.78 is 9.18. The number of thiophene rings is 1. The highest BCUT2D eigenvalue weighted by molar-refractivity contribution is 7.25. The van der Waals surface area contributed by atoms with Crippen molar-refractivity contribution in [3.63, 3.8) is 0 Å². The number of aromatic nitrogens is 3. The van der Waals surface area contributed by atoms with Crippen LogP contribution in [0.3, 0.4) is 0 Å². The minimum absolute atomic E-state index is 0.580. The molecule has 0 atom stereocenters. The summed E-state index contributed by atoms with van der Waals surface area (Å²) >= 11 is 1.84. The average molecular weight is 734 g/mol. The van der Waals surface area contributed by atoms with Crippen LogP contribution in [-0.2, 0) is 0 Å². The molecule has 5 heteroatoms. The van der Waals surface area contributed by atoms with Gasteiger partial charge in [0.25, 0.3) is 0 Å². The Morgan fingerprint density at radius 3 is 1.64 bits per heavy atom. The normalized spacial score (nSPS) is 11.6. The number of hydrogen-bond donors (Lipinski definition) is 0. The van der Waals surface area contributed by atoms with Crippen molar-refractivity contribution in [2.75, 3.05) is 0 Å². The second-order valence-corrected chi connectivity index (χ2v) is 15.1. The van der Waals surface area contributed by atoms with E-state index in [1.54, 1.807) is 0 Å². The minimum atomic E-state index is 0.580. The molecule has 0 aliphatic carbocycles. The molecular formula is C51H31N3OS. The van der Waals surface area contributed by atoms with Crippen LogP contribution in [0, 0.1) is 0 Å². The van der Waals surface area contributed by atoms with Gasteiger partial charge in [0.2, 0.25) is 0 Å². The second-order valence-electron chi connectivity index (χ2n) is 14.0. The molecule has 3 heterocycles. The fourth-order valence-electron chi connectivity index (χ4n) is 7.78. The molecule has 0 amide bonds. The van der Waals surface area contributed by atoms with Crippen LogP contribution in [0.1, 0.15) is 0 Å². The van der Waals surface area contributed by atoms with Crippen LogP contribution in [0.15, 0.2) is 192 Å². The molecule has 56 heavy (non-hydrogen) atoms. The Balaban J connectivity index is 1.08. The van der Waals surface area contributed by atoms with Gasteiger partial charge in [0.05, 0.1) is 0 Å². The van der Waals surface area contributed by atoms with Crippen molar-refractivity contribution in [3.8, 4) is 67.5 Å². The van der Waals surface area contributed by atoms with Crippen LogP contribution >= 0.6 is 11.3 Å². The fraction of sp³-hybridized carbons (Fsp3) is 0. The maximum Gasteiger partial charge on any atom is 0.164 e. The predicted octanol–water partition coefficient (Wildman–Crippen LogP) is 14.1. The summed E-state index contributed by atoms with van der Waals surface area (Å²) in [5.74, 6) is 1.80. The zero-order chi connectivity index (χ0) is 37.0. The van der Waals surface area contributed by atoms with Gasteiger partial charge in [-0.3, -0.25) is 0 Å². The molecule has 8 aromatic carbocycles. The van der Waals surface area contributed by atoms with Crippen LogP contribution in [0.2, 0.25) is 0 Å². The molecule has 11 aromatic rings. The van der Waals surface area contributed by atoms with Crippen LogP contribution < -0.4 is 0 Å². The van der Waals surface area contributed by atoms with E-state index >= 15 is 0 Å². The lowest BCUT2D eigenvalue weighted by molar-refractivity contribution is 0.669. The van der Waals surface area contributed by atoms with Gasteiger partial charge in [0.1, 0.15) is 11.2 Å². The van der Waals surface area contributed by atoms with E-state index in [-0.39, 0.29) is 0 Å². The average Bonchev–Trinajstić information content (AvgIpc) is 3.85. The Morgan fingerprint density at radius 1 is 0.321 bits per heavy atom. The lowest BCUT2D eigenvalue weighted by Crippen LogP contribution is -2.00. The van der Waals surface area contributed by atoms with Crippen molar-refractivity contribution < 1.29 is 4.42 Å². The molecule has 0 saturated carbocycles. The van der Waals surface area contributed by atoms with E-state index < -0.39 is 0 Å². The Hall–Kier alpha value is -7.21. The van der Waals surface area contributed by atoms with Crippen molar-refractivity contribution in [2.24, 2.45) is 0 Å². The summed E-state index contributed by atoms with van der Waals surface area (Å²) in [5, 5.41) is 4.74. The Labute approximate surface area is 327 Å². The highest BCUT2D eigenvalue weighted by Gasteiger charge is 2.19. The largest absolute Gasteiger partial charge is 0.456 e. The van der Waals surface area contributed by atoms with Crippen molar-refractivity contribution in [2.45, 2.75) is 0 Å². The first kappa shape index (κ1) is 32.2. The predicted molar refractivity (Wildman–Crippen MR) is 233 cm³/mol. The first-order valence-corrected chi connectivity index (χ1v) is 19.5. The van der Waals surface area contributed by atoms with E-state index in [2.05, 4.69) is 140 Å².